The molecule has 1 heterocycles. The number of aliphatic hydroxyl groups is 2. The van der Waals surface area contributed by atoms with Crippen LogP contribution >= 0.6 is 0 Å². The van der Waals surface area contributed by atoms with Gasteiger partial charge in [-0.1, -0.05) is 13.0 Å². The van der Waals surface area contributed by atoms with Crippen molar-refractivity contribution in [1.29, 1.82) is 0 Å². The van der Waals surface area contributed by atoms with Gasteiger partial charge in [-0.05, 0) is 39.5 Å². The van der Waals surface area contributed by atoms with Crippen molar-refractivity contribution < 1.29 is 14.9 Å². The van der Waals surface area contributed by atoms with E-state index in [4.69, 9.17) is 4.74 Å². The van der Waals surface area contributed by atoms with E-state index in [-0.39, 0.29) is 23.5 Å². The number of hydrogen-bond acceptors (Lipinski definition) is 4. The van der Waals surface area contributed by atoms with E-state index in [1.807, 2.05) is 31.7 Å². The minimum atomic E-state index is -0.914. The van der Waals surface area contributed by atoms with Gasteiger partial charge in [-0.2, -0.15) is 0 Å². The zero-order valence-electron chi connectivity index (χ0n) is 12.7. The fourth-order valence-corrected chi connectivity index (χ4v) is 2.67. The first-order chi connectivity index (χ1) is 8.74. The van der Waals surface area contributed by atoms with Crippen LogP contribution in [0.2, 0.25) is 0 Å². The van der Waals surface area contributed by atoms with Gasteiger partial charge in [0, 0.05) is 18.5 Å². The quantitative estimate of drug-likeness (QED) is 0.593. The molecule has 4 heteroatoms. The van der Waals surface area contributed by atoms with Crippen molar-refractivity contribution in [1.82, 2.24) is 4.90 Å². The van der Waals surface area contributed by atoms with E-state index >= 15 is 0 Å². The second-order valence-corrected chi connectivity index (χ2v) is 6.68. The van der Waals surface area contributed by atoms with Crippen molar-refractivity contribution in [3.8, 4) is 0 Å². The Bertz CT molecular complexity index is 300. The molecule has 0 radical (unpaired) electrons. The first-order valence-corrected chi connectivity index (χ1v) is 7.07. The highest BCUT2D eigenvalue weighted by Crippen LogP contribution is 2.38. The molecule has 1 aliphatic heterocycles. The zero-order valence-corrected chi connectivity index (χ0v) is 12.7. The molecular weight excluding hydrogens is 242 g/mol. The first-order valence-electron chi connectivity index (χ1n) is 7.07. The molecule has 2 N–H and O–H groups in total. The molecule has 0 spiro atoms. The van der Waals surface area contributed by atoms with Gasteiger partial charge in [0.25, 0.3) is 0 Å². The number of rotatable bonds is 5. The van der Waals surface area contributed by atoms with Crippen LogP contribution in [0.15, 0.2) is 12.7 Å². The van der Waals surface area contributed by atoms with Crippen molar-refractivity contribution in [3.63, 3.8) is 0 Å². The minimum Gasteiger partial charge on any atom is -0.396 e. The fraction of sp³-hybridized carbons (Fsp3) is 0.867. The monoisotopic (exact) mass is 271 g/mol. The SMILES string of the molecule is C=CC(C)C1(CO)CCCN(C(O)OC(C)(C)C)C1. The summed E-state index contributed by atoms with van der Waals surface area (Å²) in [6.45, 7) is 13.2. The summed E-state index contributed by atoms with van der Waals surface area (Å²) >= 11 is 0. The van der Waals surface area contributed by atoms with Crippen molar-refractivity contribution in [2.75, 3.05) is 19.7 Å². The maximum absolute atomic E-state index is 10.2. The highest BCUT2D eigenvalue weighted by atomic mass is 16.6. The van der Waals surface area contributed by atoms with Gasteiger partial charge in [0.2, 0.25) is 6.41 Å². The smallest absolute Gasteiger partial charge is 0.216 e. The van der Waals surface area contributed by atoms with Crippen LogP contribution in [0.1, 0.15) is 40.5 Å². The zero-order chi connectivity index (χ0) is 14.7. The topological polar surface area (TPSA) is 52.9 Å². The summed E-state index contributed by atoms with van der Waals surface area (Å²) in [4.78, 5) is 1.91. The number of nitrogens with zero attached hydrogens (tertiary/aromatic N) is 1. The lowest BCUT2D eigenvalue weighted by atomic mass is 9.71. The first kappa shape index (κ1) is 16.6. The molecule has 1 saturated heterocycles. The molecule has 0 saturated carbocycles. The predicted molar refractivity (Wildman–Crippen MR) is 76.5 cm³/mol. The molecular formula is C15H29NO3. The van der Waals surface area contributed by atoms with Gasteiger partial charge >= 0.3 is 0 Å². The minimum absolute atomic E-state index is 0.110. The molecule has 1 aliphatic rings. The number of allylic oxidation sites excluding steroid dienone is 1. The molecule has 1 rings (SSSR count). The molecule has 19 heavy (non-hydrogen) atoms. The van der Waals surface area contributed by atoms with E-state index in [0.29, 0.717) is 6.54 Å². The Labute approximate surface area is 117 Å². The van der Waals surface area contributed by atoms with Gasteiger partial charge in [-0.3, -0.25) is 4.90 Å². The highest BCUT2D eigenvalue weighted by molar-refractivity contribution is 4.97. The van der Waals surface area contributed by atoms with Crippen LogP contribution in [0.5, 0.6) is 0 Å². The molecule has 3 unspecified atom stereocenters. The number of piperidine rings is 1. The van der Waals surface area contributed by atoms with Crippen molar-refractivity contribution in [3.05, 3.63) is 12.7 Å². The van der Waals surface area contributed by atoms with Crippen LogP contribution in [0, 0.1) is 11.3 Å². The Morgan fingerprint density at radius 1 is 1.47 bits per heavy atom. The van der Waals surface area contributed by atoms with E-state index in [0.717, 1.165) is 19.4 Å². The average molecular weight is 271 g/mol. The number of likely N-dealkylation sites (tertiary alicyclic amines) is 1. The van der Waals surface area contributed by atoms with E-state index < -0.39 is 6.41 Å². The van der Waals surface area contributed by atoms with Crippen molar-refractivity contribution in [2.45, 2.75) is 52.6 Å². The third-order valence-electron chi connectivity index (χ3n) is 4.04. The largest absolute Gasteiger partial charge is 0.396 e. The summed E-state index contributed by atoms with van der Waals surface area (Å²) in [6.07, 6.45) is 2.87. The Balaban J connectivity index is 2.75. The number of ether oxygens (including phenoxy) is 1. The number of hydrogen-bond donors (Lipinski definition) is 2. The van der Waals surface area contributed by atoms with Gasteiger partial charge < -0.3 is 14.9 Å². The van der Waals surface area contributed by atoms with Crippen molar-refractivity contribution >= 4 is 0 Å². The fourth-order valence-electron chi connectivity index (χ4n) is 2.67. The Kier molecular flexibility index (Phi) is 5.56. The number of aliphatic hydroxyl groups excluding tert-OH is 2. The van der Waals surface area contributed by atoms with Crippen LogP contribution in [0.3, 0.4) is 0 Å². The summed E-state index contributed by atoms with van der Waals surface area (Å²) < 4.78 is 5.60. The Morgan fingerprint density at radius 3 is 2.58 bits per heavy atom. The lowest BCUT2D eigenvalue weighted by Gasteiger charge is -2.46. The highest BCUT2D eigenvalue weighted by Gasteiger charge is 2.40. The molecule has 0 aliphatic carbocycles. The van der Waals surface area contributed by atoms with E-state index in [2.05, 4.69) is 13.5 Å². The van der Waals surface area contributed by atoms with Crippen LogP contribution in [0.25, 0.3) is 0 Å². The van der Waals surface area contributed by atoms with Gasteiger partial charge in [-0.15, -0.1) is 6.58 Å². The van der Waals surface area contributed by atoms with Crippen molar-refractivity contribution in [2.24, 2.45) is 11.3 Å². The standard InChI is InChI=1S/C15H29NO3/c1-6-12(2)15(11-17)8-7-9-16(10-15)13(18)19-14(3,4)5/h6,12-13,17-18H,1,7-11H2,2-5H3. The normalized spacial score (nSPS) is 28.9. The molecule has 112 valence electrons. The molecule has 0 aromatic carbocycles. The molecule has 1 fully saturated rings. The maximum Gasteiger partial charge on any atom is 0.216 e. The van der Waals surface area contributed by atoms with E-state index in [1.165, 1.54) is 0 Å². The van der Waals surface area contributed by atoms with Gasteiger partial charge in [0.1, 0.15) is 0 Å². The molecule has 4 nitrogen and oxygen atoms in total. The Morgan fingerprint density at radius 2 is 2.11 bits per heavy atom. The van der Waals surface area contributed by atoms with E-state index in [9.17, 15) is 10.2 Å². The molecule has 0 aromatic rings. The summed E-state index contributed by atoms with van der Waals surface area (Å²) in [5, 5.41) is 20.0. The summed E-state index contributed by atoms with van der Waals surface area (Å²) in [7, 11) is 0. The third-order valence-corrected chi connectivity index (χ3v) is 4.04. The van der Waals surface area contributed by atoms with Gasteiger partial charge in [0.05, 0.1) is 12.2 Å². The van der Waals surface area contributed by atoms with Gasteiger partial charge in [-0.25, -0.2) is 0 Å². The average Bonchev–Trinajstić information content (AvgIpc) is 2.35. The molecule has 3 atom stereocenters. The molecule has 0 bridgehead atoms. The van der Waals surface area contributed by atoms with Crippen LogP contribution in [0.4, 0.5) is 0 Å². The van der Waals surface area contributed by atoms with Gasteiger partial charge in [0.15, 0.2) is 0 Å². The van der Waals surface area contributed by atoms with Crippen LogP contribution in [-0.2, 0) is 4.74 Å². The van der Waals surface area contributed by atoms with Crippen LogP contribution in [-0.4, -0.2) is 46.8 Å². The lowest BCUT2D eigenvalue weighted by molar-refractivity contribution is -0.252. The van der Waals surface area contributed by atoms with E-state index in [1.54, 1.807) is 0 Å². The summed E-state index contributed by atoms with van der Waals surface area (Å²) in [5.74, 6) is 0.210. The maximum atomic E-state index is 10.2. The molecule has 0 aromatic heterocycles. The second kappa shape index (κ2) is 6.35. The predicted octanol–water partition coefficient (Wildman–Crippen LogP) is 1.97. The lowest BCUT2D eigenvalue weighted by Crippen LogP contribution is -2.53. The molecule has 0 amide bonds. The second-order valence-electron chi connectivity index (χ2n) is 6.68. The van der Waals surface area contributed by atoms with Crippen LogP contribution < -0.4 is 0 Å². The summed E-state index contributed by atoms with van der Waals surface area (Å²) in [5.41, 5.74) is -0.606. The summed E-state index contributed by atoms with van der Waals surface area (Å²) in [6, 6.07) is 0. The third kappa shape index (κ3) is 4.28. The Hall–Kier alpha value is -0.420.